The maximum atomic E-state index is 11.6. The number of nitriles is 1. The summed E-state index contributed by atoms with van der Waals surface area (Å²) in [7, 11) is 0. The lowest BCUT2D eigenvalue weighted by Gasteiger charge is -2.08. The Balaban J connectivity index is 2.33. The van der Waals surface area contributed by atoms with E-state index in [2.05, 4.69) is 24.5 Å². The van der Waals surface area contributed by atoms with Crippen LogP contribution >= 0.6 is 0 Å². The molecular weight excluding hydrogens is 226 g/mol. The number of nitrogens with one attached hydrogen (secondary N) is 2. The van der Waals surface area contributed by atoms with Crippen LogP contribution in [0.3, 0.4) is 0 Å². The number of hydrogen-bond donors (Lipinski definition) is 2. The third-order valence-electron chi connectivity index (χ3n) is 2.41. The second-order valence-corrected chi connectivity index (χ2v) is 4.45. The topological polar surface area (TPSA) is 64.9 Å². The van der Waals surface area contributed by atoms with Crippen molar-refractivity contribution in [3.63, 3.8) is 0 Å². The first kappa shape index (κ1) is 14.2. The van der Waals surface area contributed by atoms with Gasteiger partial charge in [0, 0.05) is 18.2 Å². The first-order valence-corrected chi connectivity index (χ1v) is 6.15. The standard InChI is InChI=1S/C14H19N3O/c1-11(2)16-8-4-7-14(18)17-13-6-3-5-12(9-13)10-15/h3,5-6,9,11,16H,4,7-8H2,1-2H3,(H,17,18). The predicted molar refractivity (Wildman–Crippen MR) is 72.2 cm³/mol. The molecular formula is C14H19N3O. The van der Waals surface area contributed by atoms with Crippen LogP contribution in [0, 0.1) is 11.3 Å². The normalized spacial score (nSPS) is 10.1. The molecule has 0 saturated carbocycles. The summed E-state index contributed by atoms with van der Waals surface area (Å²) in [5, 5.41) is 14.8. The zero-order chi connectivity index (χ0) is 13.4. The molecule has 0 unspecified atom stereocenters. The number of benzene rings is 1. The highest BCUT2D eigenvalue weighted by Crippen LogP contribution is 2.10. The Morgan fingerprint density at radius 3 is 2.89 bits per heavy atom. The molecule has 4 heteroatoms. The molecule has 0 aliphatic carbocycles. The van der Waals surface area contributed by atoms with E-state index in [1.165, 1.54) is 0 Å². The van der Waals surface area contributed by atoms with Gasteiger partial charge in [-0.2, -0.15) is 5.26 Å². The largest absolute Gasteiger partial charge is 0.326 e. The lowest BCUT2D eigenvalue weighted by molar-refractivity contribution is -0.116. The second kappa shape index (κ2) is 7.46. The van der Waals surface area contributed by atoms with Gasteiger partial charge in [0.15, 0.2) is 0 Å². The third-order valence-corrected chi connectivity index (χ3v) is 2.41. The molecule has 4 nitrogen and oxygen atoms in total. The van der Waals surface area contributed by atoms with Crippen LogP contribution < -0.4 is 10.6 Å². The van der Waals surface area contributed by atoms with Crippen molar-refractivity contribution >= 4 is 11.6 Å². The maximum absolute atomic E-state index is 11.6. The highest BCUT2D eigenvalue weighted by molar-refractivity contribution is 5.90. The number of carbonyl (C=O) groups is 1. The van der Waals surface area contributed by atoms with Crippen LogP contribution in [0.1, 0.15) is 32.3 Å². The molecule has 0 aliphatic rings. The molecule has 18 heavy (non-hydrogen) atoms. The van der Waals surface area contributed by atoms with Crippen molar-refractivity contribution in [3.8, 4) is 6.07 Å². The number of carbonyl (C=O) groups excluding carboxylic acids is 1. The van der Waals surface area contributed by atoms with Crippen LogP contribution in [0.4, 0.5) is 5.69 Å². The molecule has 1 aromatic rings. The van der Waals surface area contributed by atoms with E-state index in [0.717, 1.165) is 13.0 Å². The number of rotatable bonds is 6. The zero-order valence-electron chi connectivity index (χ0n) is 10.9. The van der Waals surface area contributed by atoms with E-state index in [4.69, 9.17) is 5.26 Å². The molecule has 0 aromatic heterocycles. The molecule has 1 amide bonds. The molecule has 0 aliphatic heterocycles. The molecule has 2 N–H and O–H groups in total. The third kappa shape index (κ3) is 5.46. The van der Waals surface area contributed by atoms with Crippen LogP contribution in [-0.2, 0) is 4.79 Å². The predicted octanol–water partition coefficient (Wildman–Crippen LogP) is 2.27. The Labute approximate surface area is 108 Å². The quantitative estimate of drug-likeness (QED) is 0.756. The average molecular weight is 245 g/mol. The first-order chi connectivity index (χ1) is 8.61. The highest BCUT2D eigenvalue weighted by atomic mass is 16.1. The van der Waals surface area contributed by atoms with Gasteiger partial charge in [-0.1, -0.05) is 19.9 Å². The van der Waals surface area contributed by atoms with Crippen molar-refractivity contribution in [3.05, 3.63) is 29.8 Å². The molecule has 0 saturated heterocycles. The summed E-state index contributed by atoms with van der Waals surface area (Å²) in [4.78, 5) is 11.6. The summed E-state index contributed by atoms with van der Waals surface area (Å²) in [5.74, 6) is -0.0179. The van der Waals surface area contributed by atoms with Gasteiger partial charge < -0.3 is 10.6 Å². The molecule has 0 atom stereocenters. The van der Waals surface area contributed by atoms with Gasteiger partial charge in [0.25, 0.3) is 0 Å². The number of nitrogens with zero attached hydrogens (tertiary/aromatic N) is 1. The molecule has 0 radical (unpaired) electrons. The summed E-state index contributed by atoms with van der Waals surface area (Å²) in [6, 6.07) is 9.41. The van der Waals surface area contributed by atoms with E-state index in [1.54, 1.807) is 24.3 Å². The van der Waals surface area contributed by atoms with Gasteiger partial charge in [0.05, 0.1) is 11.6 Å². The van der Waals surface area contributed by atoms with Gasteiger partial charge in [0.1, 0.15) is 0 Å². The average Bonchev–Trinajstić information content (AvgIpc) is 2.34. The monoisotopic (exact) mass is 245 g/mol. The van der Waals surface area contributed by atoms with Gasteiger partial charge in [-0.25, -0.2) is 0 Å². The molecule has 1 aromatic carbocycles. The fourth-order valence-corrected chi connectivity index (χ4v) is 1.53. The SMILES string of the molecule is CC(C)NCCCC(=O)Nc1cccc(C#N)c1. The highest BCUT2D eigenvalue weighted by Gasteiger charge is 2.03. The lowest BCUT2D eigenvalue weighted by Crippen LogP contribution is -2.24. The van der Waals surface area contributed by atoms with Crippen LogP contribution in [-0.4, -0.2) is 18.5 Å². The van der Waals surface area contributed by atoms with Crippen LogP contribution in [0.2, 0.25) is 0 Å². The van der Waals surface area contributed by atoms with Crippen molar-refractivity contribution in [1.82, 2.24) is 5.32 Å². The smallest absolute Gasteiger partial charge is 0.224 e. The van der Waals surface area contributed by atoms with Crippen LogP contribution in [0.25, 0.3) is 0 Å². The summed E-state index contributed by atoms with van der Waals surface area (Å²) >= 11 is 0. The van der Waals surface area contributed by atoms with Crippen molar-refractivity contribution in [1.29, 1.82) is 5.26 Å². The van der Waals surface area contributed by atoms with Gasteiger partial charge in [-0.05, 0) is 31.2 Å². The van der Waals surface area contributed by atoms with Crippen molar-refractivity contribution in [2.45, 2.75) is 32.7 Å². The summed E-state index contributed by atoms with van der Waals surface area (Å²) < 4.78 is 0. The Morgan fingerprint density at radius 1 is 1.44 bits per heavy atom. The Morgan fingerprint density at radius 2 is 2.22 bits per heavy atom. The minimum atomic E-state index is -0.0179. The van der Waals surface area contributed by atoms with Gasteiger partial charge in [-0.15, -0.1) is 0 Å². The van der Waals surface area contributed by atoms with E-state index in [1.807, 2.05) is 6.07 Å². The number of amides is 1. The van der Waals surface area contributed by atoms with E-state index in [0.29, 0.717) is 23.7 Å². The van der Waals surface area contributed by atoms with Gasteiger partial charge >= 0.3 is 0 Å². The van der Waals surface area contributed by atoms with Gasteiger partial charge in [-0.3, -0.25) is 4.79 Å². The van der Waals surface area contributed by atoms with Crippen LogP contribution in [0.5, 0.6) is 0 Å². The molecule has 1 rings (SSSR count). The lowest BCUT2D eigenvalue weighted by atomic mass is 10.2. The number of hydrogen-bond acceptors (Lipinski definition) is 3. The zero-order valence-corrected chi connectivity index (χ0v) is 10.9. The van der Waals surface area contributed by atoms with E-state index in [9.17, 15) is 4.79 Å². The minimum Gasteiger partial charge on any atom is -0.326 e. The summed E-state index contributed by atoms with van der Waals surface area (Å²) in [6.45, 7) is 4.99. The molecule has 96 valence electrons. The van der Waals surface area contributed by atoms with Crippen molar-refractivity contribution < 1.29 is 4.79 Å². The number of anilines is 1. The molecule has 0 fully saturated rings. The summed E-state index contributed by atoms with van der Waals surface area (Å²) in [5.41, 5.74) is 1.23. The molecule has 0 spiro atoms. The first-order valence-electron chi connectivity index (χ1n) is 6.15. The fraction of sp³-hybridized carbons (Fsp3) is 0.429. The minimum absolute atomic E-state index is 0.0179. The van der Waals surface area contributed by atoms with E-state index < -0.39 is 0 Å². The summed E-state index contributed by atoms with van der Waals surface area (Å²) in [6.07, 6.45) is 1.29. The Kier molecular flexibility index (Phi) is 5.89. The van der Waals surface area contributed by atoms with E-state index >= 15 is 0 Å². The second-order valence-electron chi connectivity index (χ2n) is 4.45. The Hall–Kier alpha value is -1.86. The van der Waals surface area contributed by atoms with Crippen molar-refractivity contribution in [2.75, 3.05) is 11.9 Å². The fourth-order valence-electron chi connectivity index (χ4n) is 1.53. The van der Waals surface area contributed by atoms with Gasteiger partial charge in [0.2, 0.25) is 5.91 Å². The molecule has 0 bridgehead atoms. The molecule has 0 heterocycles. The maximum Gasteiger partial charge on any atom is 0.224 e. The van der Waals surface area contributed by atoms with Crippen LogP contribution in [0.15, 0.2) is 24.3 Å². The van der Waals surface area contributed by atoms with E-state index in [-0.39, 0.29) is 5.91 Å². The Bertz CT molecular complexity index is 435. The van der Waals surface area contributed by atoms with Crippen molar-refractivity contribution in [2.24, 2.45) is 0 Å².